The maximum absolute atomic E-state index is 5.73. The molecule has 2 heterocycles. The average Bonchev–Trinajstić information content (AvgIpc) is 3.29. The van der Waals surface area contributed by atoms with Gasteiger partial charge in [0, 0.05) is 27.3 Å². The summed E-state index contributed by atoms with van der Waals surface area (Å²) >= 11 is 0. The first-order valence-corrected chi connectivity index (χ1v) is 23.9. The van der Waals surface area contributed by atoms with Crippen LogP contribution in [0.1, 0.15) is 123 Å². The number of hydrogen-bond acceptors (Lipinski definition) is 2. The predicted molar refractivity (Wildman–Crippen MR) is 287 cm³/mol. The molecular weight excluding hydrogens is 797 g/mol. The fourth-order valence-corrected chi connectivity index (χ4v) is 9.94. The van der Waals surface area contributed by atoms with E-state index in [0.29, 0.717) is 0 Å². The Bertz CT molecular complexity index is 3390. The first-order chi connectivity index (χ1) is 31.2. The van der Waals surface area contributed by atoms with Crippen LogP contribution >= 0.6 is 0 Å². The number of rotatable bonds is 4. The Labute approximate surface area is 392 Å². The van der Waals surface area contributed by atoms with Crippen LogP contribution in [0, 0.1) is 0 Å². The molecule has 0 amide bonds. The molecule has 1 aliphatic heterocycles. The van der Waals surface area contributed by atoms with Gasteiger partial charge in [0.15, 0.2) is 0 Å². The zero-order valence-electron chi connectivity index (χ0n) is 41.0. The van der Waals surface area contributed by atoms with Gasteiger partial charge in [0.1, 0.15) is 0 Å². The molecule has 0 saturated heterocycles. The third kappa shape index (κ3) is 7.79. The smallest absolute Gasteiger partial charge is 0.0795 e. The molecule has 330 valence electrons. The molecule has 2 nitrogen and oxygen atoms in total. The Balaban J connectivity index is 1.36. The summed E-state index contributed by atoms with van der Waals surface area (Å²) in [5, 5.41) is 12.7. The summed E-state index contributed by atoms with van der Waals surface area (Å²) in [6.07, 6.45) is 4.74. The summed E-state index contributed by atoms with van der Waals surface area (Å²) in [5.41, 5.74) is 16.8. The topological polar surface area (TPSA) is 24.9 Å². The van der Waals surface area contributed by atoms with Gasteiger partial charge in [-0.25, -0.2) is 4.98 Å². The van der Waals surface area contributed by atoms with E-state index in [9.17, 15) is 0 Å². The lowest BCUT2D eigenvalue weighted by Gasteiger charge is -2.29. The third-order valence-corrected chi connectivity index (χ3v) is 14.1. The van der Waals surface area contributed by atoms with Gasteiger partial charge in [0.05, 0.1) is 22.9 Å². The second-order valence-electron chi connectivity index (χ2n) is 23.0. The normalized spacial score (nSPS) is 14.6. The Morgan fingerprint density at radius 1 is 0.409 bits per heavy atom. The van der Waals surface area contributed by atoms with Crippen molar-refractivity contribution in [1.29, 1.82) is 0 Å². The highest BCUT2D eigenvalue weighted by molar-refractivity contribution is 6.21. The molecule has 0 bridgehead atoms. The average molecular weight is 861 g/mol. The van der Waals surface area contributed by atoms with Gasteiger partial charge in [0.25, 0.3) is 0 Å². The van der Waals surface area contributed by atoms with Crippen LogP contribution in [0.5, 0.6) is 0 Å². The molecule has 66 heavy (non-hydrogen) atoms. The number of nitrogens with one attached hydrogen (secondary N) is 1. The Kier molecular flexibility index (Phi) is 10.2. The maximum atomic E-state index is 5.73. The van der Waals surface area contributed by atoms with Crippen molar-refractivity contribution in [3.8, 4) is 33.5 Å². The Hall–Kier alpha value is -6.51. The Morgan fingerprint density at radius 2 is 0.879 bits per heavy atom. The van der Waals surface area contributed by atoms with Crippen molar-refractivity contribution in [2.75, 3.05) is 5.32 Å². The number of fused-ring (bicyclic) bond motifs is 7. The minimum absolute atomic E-state index is 0.00669. The van der Waals surface area contributed by atoms with E-state index >= 15 is 0 Å². The lowest BCUT2D eigenvalue weighted by molar-refractivity contribution is 0.589. The van der Waals surface area contributed by atoms with Crippen molar-refractivity contribution in [2.45, 2.75) is 111 Å². The summed E-state index contributed by atoms with van der Waals surface area (Å²) in [6, 6.07) is 55.0. The number of benzene rings is 8. The van der Waals surface area contributed by atoms with Crippen LogP contribution in [0.15, 0.2) is 152 Å². The molecule has 2 heteroatoms. The lowest BCUT2D eigenvalue weighted by atomic mass is 9.79. The minimum atomic E-state index is -0.0621. The van der Waals surface area contributed by atoms with Gasteiger partial charge >= 0.3 is 0 Å². The molecule has 0 spiro atoms. The number of pyridine rings is 1. The molecule has 1 aromatic heterocycles. The van der Waals surface area contributed by atoms with E-state index in [1.165, 1.54) is 82.6 Å². The zero-order valence-corrected chi connectivity index (χ0v) is 41.0. The zero-order chi connectivity index (χ0) is 46.5. The van der Waals surface area contributed by atoms with E-state index in [1.54, 1.807) is 0 Å². The van der Waals surface area contributed by atoms with Gasteiger partial charge in [-0.05, 0) is 130 Å². The van der Waals surface area contributed by atoms with Crippen molar-refractivity contribution in [3.05, 3.63) is 185 Å². The molecule has 0 fully saturated rings. The fourth-order valence-electron chi connectivity index (χ4n) is 9.94. The monoisotopic (exact) mass is 861 g/mol. The van der Waals surface area contributed by atoms with Crippen LogP contribution in [0.4, 0.5) is 5.69 Å². The highest BCUT2D eigenvalue weighted by atomic mass is 14.9. The molecule has 10 rings (SSSR count). The van der Waals surface area contributed by atoms with E-state index in [0.717, 1.165) is 33.2 Å². The minimum Gasteiger partial charge on any atom is -0.374 e. The van der Waals surface area contributed by atoms with Gasteiger partial charge in [-0.1, -0.05) is 204 Å². The van der Waals surface area contributed by atoms with E-state index in [2.05, 4.69) is 246 Å². The number of nitrogens with zero attached hydrogens (tertiary/aromatic N) is 1. The molecule has 1 unspecified atom stereocenters. The van der Waals surface area contributed by atoms with Gasteiger partial charge in [-0.3, -0.25) is 0 Å². The van der Waals surface area contributed by atoms with Crippen molar-refractivity contribution in [3.63, 3.8) is 0 Å². The molecule has 8 aromatic carbocycles. The summed E-state index contributed by atoms with van der Waals surface area (Å²) < 4.78 is 0. The molecule has 1 N–H and O–H groups in total. The third-order valence-electron chi connectivity index (χ3n) is 14.1. The maximum Gasteiger partial charge on any atom is 0.0795 e. The van der Waals surface area contributed by atoms with E-state index in [-0.39, 0.29) is 27.7 Å². The van der Waals surface area contributed by atoms with Crippen molar-refractivity contribution in [2.24, 2.45) is 0 Å². The van der Waals surface area contributed by atoms with Crippen LogP contribution in [-0.4, -0.2) is 4.98 Å². The summed E-state index contributed by atoms with van der Waals surface area (Å²) in [7, 11) is 0. The van der Waals surface area contributed by atoms with E-state index in [1.807, 2.05) is 0 Å². The standard InChI is InChI=1S/C64H64N2/c1-61(2,3)43-23-25-47-41(31-43)33-45(63(7,8)9)35-51(47)53-37-55-56(59-49(53)27-29-57(65-59)39-19-15-13-16-20-39)38-54(50-28-30-58(66-60(50)55)40-21-17-14-18-22-40)52-36-46(64(10,11)12)34-42-32-44(62(4,5)6)24-26-48(42)52/h13-38,57,65H,1-12H3. The van der Waals surface area contributed by atoms with E-state index in [4.69, 9.17) is 4.98 Å². The predicted octanol–water partition coefficient (Wildman–Crippen LogP) is 18.1. The molecule has 0 aliphatic carbocycles. The van der Waals surface area contributed by atoms with Crippen molar-refractivity contribution < 1.29 is 0 Å². The lowest BCUT2D eigenvalue weighted by Crippen LogP contribution is -2.14. The quantitative estimate of drug-likeness (QED) is 0.178. The second-order valence-corrected chi connectivity index (χ2v) is 23.0. The van der Waals surface area contributed by atoms with Crippen molar-refractivity contribution in [1.82, 2.24) is 4.98 Å². The van der Waals surface area contributed by atoms with Crippen LogP contribution in [-0.2, 0) is 21.7 Å². The van der Waals surface area contributed by atoms with Crippen molar-refractivity contribution >= 4 is 55.0 Å². The molecule has 0 radical (unpaired) electrons. The number of hydrogen-bond donors (Lipinski definition) is 1. The SMILES string of the molecule is CC(C)(C)c1ccc2c(-c3cc4c(cc(-c5cc(C(C)(C)C)cc6cc(C(C)(C)C)ccc56)c5ccc(-c6ccccc6)nc54)c4c3C=CC(c3ccccc3)N4)cc(C(C)(C)C)cc2c1. The summed E-state index contributed by atoms with van der Waals surface area (Å²) in [6.45, 7) is 27.8. The van der Waals surface area contributed by atoms with Crippen LogP contribution in [0.2, 0.25) is 0 Å². The summed E-state index contributed by atoms with van der Waals surface area (Å²) in [5.74, 6) is 0. The summed E-state index contributed by atoms with van der Waals surface area (Å²) in [4.78, 5) is 5.73. The van der Waals surface area contributed by atoms with Crippen LogP contribution in [0.3, 0.4) is 0 Å². The van der Waals surface area contributed by atoms with Gasteiger partial charge in [-0.15, -0.1) is 0 Å². The second kappa shape index (κ2) is 15.6. The molecule has 1 aliphatic rings. The van der Waals surface area contributed by atoms with Gasteiger partial charge in [-0.2, -0.15) is 0 Å². The molecule has 9 aromatic rings. The number of aromatic nitrogens is 1. The van der Waals surface area contributed by atoms with Crippen LogP contribution < -0.4 is 5.32 Å². The molecular formula is C64H64N2. The fraction of sp³-hybridized carbons (Fsp3) is 0.266. The number of anilines is 1. The van der Waals surface area contributed by atoms with E-state index < -0.39 is 0 Å². The molecule has 1 atom stereocenters. The first kappa shape index (κ1) is 43.4. The largest absolute Gasteiger partial charge is 0.374 e. The Morgan fingerprint density at radius 3 is 1.42 bits per heavy atom. The van der Waals surface area contributed by atoms with Crippen LogP contribution in [0.25, 0.3) is 82.8 Å². The van der Waals surface area contributed by atoms with Gasteiger partial charge < -0.3 is 5.32 Å². The highest BCUT2D eigenvalue weighted by Gasteiger charge is 2.28. The molecule has 0 saturated carbocycles. The highest BCUT2D eigenvalue weighted by Crippen LogP contribution is 2.49. The van der Waals surface area contributed by atoms with Gasteiger partial charge in [0.2, 0.25) is 0 Å². The first-order valence-electron chi connectivity index (χ1n) is 23.9.